The van der Waals surface area contributed by atoms with Crippen molar-refractivity contribution in [2.24, 2.45) is 0 Å². The standard InChI is InChI=1S/C14H22F2N2O5/c1-13(2,3)23-12(22)17-9(11(20)21)7-10(19)18-6-4-5-14(15,16)8-18/h9H,4-8H2,1-3H3,(H,17,22)(H,20,21). The van der Waals surface area contributed by atoms with E-state index in [4.69, 9.17) is 9.84 Å². The number of carbonyl (C=O) groups is 3. The first-order valence-corrected chi connectivity index (χ1v) is 7.27. The minimum Gasteiger partial charge on any atom is -0.480 e. The lowest BCUT2D eigenvalue weighted by molar-refractivity contribution is -0.147. The number of aliphatic carboxylic acids is 1. The molecule has 0 aromatic rings. The molecule has 7 nitrogen and oxygen atoms in total. The second-order valence-corrected chi connectivity index (χ2v) is 6.52. The number of halogens is 2. The lowest BCUT2D eigenvalue weighted by Crippen LogP contribution is -2.50. The number of hydrogen-bond donors (Lipinski definition) is 2. The smallest absolute Gasteiger partial charge is 0.408 e. The van der Waals surface area contributed by atoms with Gasteiger partial charge in [0.05, 0.1) is 13.0 Å². The summed E-state index contributed by atoms with van der Waals surface area (Å²) in [6.07, 6.45) is -1.74. The summed E-state index contributed by atoms with van der Waals surface area (Å²) in [6.45, 7) is 4.22. The lowest BCUT2D eigenvalue weighted by Gasteiger charge is -2.33. The Morgan fingerprint density at radius 3 is 2.43 bits per heavy atom. The van der Waals surface area contributed by atoms with Crippen molar-refractivity contribution >= 4 is 18.0 Å². The molecule has 132 valence electrons. The summed E-state index contributed by atoms with van der Waals surface area (Å²) in [4.78, 5) is 35.7. The van der Waals surface area contributed by atoms with Crippen molar-refractivity contribution in [3.05, 3.63) is 0 Å². The van der Waals surface area contributed by atoms with Gasteiger partial charge in [0.2, 0.25) is 5.91 Å². The maximum atomic E-state index is 13.3. The Morgan fingerprint density at radius 2 is 1.96 bits per heavy atom. The van der Waals surface area contributed by atoms with Gasteiger partial charge in [0.15, 0.2) is 0 Å². The molecular weight excluding hydrogens is 314 g/mol. The molecule has 0 radical (unpaired) electrons. The number of rotatable bonds is 4. The summed E-state index contributed by atoms with van der Waals surface area (Å²) < 4.78 is 31.5. The van der Waals surface area contributed by atoms with E-state index in [1.54, 1.807) is 20.8 Å². The second-order valence-electron chi connectivity index (χ2n) is 6.52. The molecule has 1 aliphatic rings. The zero-order chi connectivity index (χ0) is 17.8. The molecule has 0 aliphatic carbocycles. The number of carboxylic acid groups (broad SMARTS) is 1. The molecule has 0 saturated carbocycles. The van der Waals surface area contributed by atoms with Crippen molar-refractivity contribution in [1.29, 1.82) is 0 Å². The van der Waals surface area contributed by atoms with Crippen molar-refractivity contribution in [2.75, 3.05) is 13.1 Å². The van der Waals surface area contributed by atoms with Gasteiger partial charge in [-0.3, -0.25) is 4.79 Å². The van der Waals surface area contributed by atoms with Crippen LogP contribution in [0, 0.1) is 0 Å². The Morgan fingerprint density at radius 1 is 1.35 bits per heavy atom. The molecule has 0 bridgehead atoms. The molecular formula is C14H22F2N2O5. The van der Waals surface area contributed by atoms with Crippen LogP contribution >= 0.6 is 0 Å². The van der Waals surface area contributed by atoms with E-state index in [2.05, 4.69) is 5.32 Å². The molecule has 1 unspecified atom stereocenters. The average Bonchev–Trinajstić information content (AvgIpc) is 2.34. The molecule has 1 aliphatic heterocycles. The normalized spacial score (nSPS) is 18.9. The van der Waals surface area contributed by atoms with Gasteiger partial charge in [0.1, 0.15) is 11.6 Å². The molecule has 1 fully saturated rings. The summed E-state index contributed by atoms with van der Waals surface area (Å²) >= 11 is 0. The number of likely N-dealkylation sites (tertiary alicyclic amines) is 1. The van der Waals surface area contributed by atoms with Gasteiger partial charge in [-0.1, -0.05) is 0 Å². The van der Waals surface area contributed by atoms with Gasteiger partial charge >= 0.3 is 12.1 Å². The molecule has 0 spiro atoms. The predicted molar refractivity (Wildman–Crippen MR) is 76.2 cm³/mol. The van der Waals surface area contributed by atoms with E-state index >= 15 is 0 Å². The first-order chi connectivity index (χ1) is 10.4. The van der Waals surface area contributed by atoms with Crippen LogP contribution in [0.4, 0.5) is 13.6 Å². The molecule has 23 heavy (non-hydrogen) atoms. The Labute approximate surface area is 133 Å². The van der Waals surface area contributed by atoms with Crippen molar-refractivity contribution < 1.29 is 33.0 Å². The van der Waals surface area contributed by atoms with E-state index in [1.807, 2.05) is 0 Å². The van der Waals surface area contributed by atoms with Crippen LogP contribution in [0.2, 0.25) is 0 Å². The number of carboxylic acids is 1. The third-order valence-corrected chi connectivity index (χ3v) is 3.11. The van der Waals surface area contributed by atoms with Gasteiger partial charge < -0.3 is 20.1 Å². The largest absolute Gasteiger partial charge is 0.480 e. The summed E-state index contributed by atoms with van der Waals surface area (Å²) in [7, 11) is 0. The van der Waals surface area contributed by atoms with E-state index in [0.29, 0.717) is 0 Å². The number of carbonyl (C=O) groups excluding carboxylic acids is 2. The fourth-order valence-corrected chi connectivity index (χ4v) is 2.13. The molecule has 9 heteroatoms. The van der Waals surface area contributed by atoms with Gasteiger partial charge in [0, 0.05) is 13.0 Å². The molecule has 2 N–H and O–H groups in total. The number of nitrogens with one attached hydrogen (secondary N) is 1. The third kappa shape index (κ3) is 6.79. The highest BCUT2D eigenvalue weighted by Crippen LogP contribution is 2.26. The van der Waals surface area contributed by atoms with Crippen molar-refractivity contribution in [2.45, 2.75) is 57.6 Å². The van der Waals surface area contributed by atoms with E-state index in [-0.39, 0.29) is 19.4 Å². The zero-order valence-corrected chi connectivity index (χ0v) is 13.4. The molecule has 2 amide bonds. The highest BCUT2D eigenvalue weighted by atomic mass is 19.3. The Hall–Kier alpha value is -1.93. The molecule has 0 aromatic carbocycles. The number of alkyl halides is 2. The first kappa shape index (κ1) is 19.1. The van der Waals surface area contributed by atoms with Crippen LogP contribution in [0.25, 0.3) is 0 Å². The topological polar surface area (TPSA) is 95.9 Å². The molecule has 0 aromatic heterocycles. The van der Waals surface area contributed by atoms with Crippen LogP contribution in [0.15, 0.2) is 0 Å². The maximum Gasteiger partial charge on any atom is 0.408 e. The van der Waals surface area contributed by atoms with Crippen LogP contribution in [-0.2, 0) is 14.3 Å². The average molecular weight is 336 g/mol. The van der Waals surface area contributed by atoms with E-state index < -0.39 is 48.5 Å². The quantitative estimate of drug-likeness (QED) is 0.813. The fourth-order valence-electron chi connectivity index (χ4n) is 2.13. The molecule has 1 atom stereocenters. The first-order valence-electron chi connectivity index (χ1n) is 7.27. The molecule has 1 saturated heterocycles. The van der Waals surface area contributed by atoms with Crippen molar-refractivity contribution in [1.82, 2.24) is 10.2 Å². The van der Waals surface area contributed by atoms with Crippen LogP contribution < -0.4 is 5.32 Å². The number of alkyl carbamates (subject to hydrolysis) is 1. The molecule has 1 heterocycles. The summed E-state index contributed by atoms with van der Waals surface area (Å²) in [5, 5.41) is 11.1. The van der Waals surface area contributed by atoms with Gasteiger partial charge in [-0.15, -0.1) is 0 Å². The van der Waals surface area contributed by atoms with Crippen LogP contribution in [0.1, 0.15) is 40.0 Å². The van der Waals surface area contributed by atoms with Gasteiger partial charge in [-0.2, -0.15) is 0 Å². The maximum absolute atomic E-state index is 13.3. The summed E-state index contributed by atoms with van der Waals surface area (Å²) in [6, 6.07) is -1.53. The highest BCUT2D eigenvalue weighted by Gasteiger charge is 2.38. The van der Waals surface area contributed by atoms with Crippen LogP contribution in [-0.4, -0.2) is 58.6 Å². The summed E-state index contributed by atoms with van der Waals surface area (Å²) in [5.74, 6) is -5.15. The highest BCUT2D eigenvalue weighted by molar-refractivity contribution is 5.87. The minimum atomic E-state index is -2.97. The van der Waals surface area contributed by atoms with Crippen molar-refractivity contribution in [3.8, 4) is 0 Å². The van der Waals surface area contributed by atoms with E-state index in [9.17, 15) is 23.2 Å². The van der Waals surface area contributed by atoms with E-state index in [0.717, 1.165) is 4.90 Å². The Balaban J connectivity index is 2.63. The SMILES string of the molecule is CC(C)(C)OC(=O)NC(CC(=O)N1CCCC(F)(F)C1)C(=O)O. The number of piperidine rings is 1. The number of amides is 2. The fraction of sp³-hybridized carbons (Fsp3) is 0.786. The lowest BCUT2D eigenvalue weighted by atomic mass is 10.1. The number of ether oxygens (including phenoxy) is 1. The zero-order valence-electron chi connectivity index (χ0n) is 13.4. The van der Waals surface area contributed by atoms with Gasteiger partial charge in [0.25, 0.3) is 5.92 Å². The second kappa shape index (κ2) is 7.10. The minimum absolute atomic E-state index is 0.146. The Kier molecular flexibility index (Phi) is 5.90. The van der Waals surface area contributed by atoms with Crippen molar-refractivity contribution in [3.63, 3.8) is 0 Å². The van der Waals surface area contributed by atoms with Gasteiger partial charge in [-0.25, -0.2) is 18.4 Å². The van der Waals surface area contributed by atoms with Crippen LogP contribution in [0.5, 0.6) is 0 Å². The number of nitrogens with zero attached hydrogens (tertiary/aromatic N) is 1. The van der Waals surface area contributed by atoms with Crippen LogP contribution in [0.3, 0.4) is 0 Å². The predicted octanol–water partition coefficient (Wildman–Crippen LogP) is 1.61. The monoisotopic (exact) mass is 336 g/mol. The van der Waals surface area contributed by atoms with Gasteiger partial charge in [-0.05, 0) is 27.2 Å². The third-order valence-electron chi connectivity index (χ3n) is 3.11. The number of hydrogen-bond acceptors (Lipinski definition) is 4. The Bertz CT molecular complexity index is 476. The summed E-state index contributed by atoms with van der Waals surface area (Å²) in [5.41, 5.74) is -0.827. The van der Waals surface area contributed by atoms with E-state index in [1.165, 1.54) is 0 Å². The molecule has 1 rings (SSSR count).